The van der Waals surface area contributed by atoms with E-state index in [9.17, 15) is 4.39 Å². The van der Waals surface area contributed by atoms with Gasteiger partial charge in [0.25, 0.3) is 0 Å². The van der Waals surface area contributed by atoms with Gasteiger partial charge in [0.2, 0.25) is 5.95 Å². The minimum atomic E-state index is -0.425. The smallest absolute Gasteiger partial charge is 0.224 e. The van der Waals surface area contributed by atoms with E-state index in [0.29, 0.717) is 22.5 Å². The first-order chi connectivity index (χ1) is 8.60. The van der Waals surface area contributed by atoms with Crippen LogP contribution in [0.25, 0.3) is 0 Å². The summed E-state index contributed by atoms with van der Waals surface area (Å²) < 4.78 is 13.6. The molecule has 0 saturated carbocycles. The molecule has 1 aromatic carbocycles. The van der Waals surface area contributed by atoms with Gasteiger partial charge in [0, 0.05) is 23.8 Å². The predicted octanol–water partition coefficient (Wildman–Crippen LogP) is 3.36. The number of benzene rings is 1. The van der Waals surface area contributed by atoms with Crippen LogP contribution in [-0.2, 0) is 0 Å². The Kier molecular flexibility index (Phi) is 3.62. The Labute approximate surface area is 109 Å². The van der Waals surface area contributed by atoms with E-state index in [1.165, 1.54) is 6.07 Å². The number of aryl methyl sites for hydroxylation is 1. The van der Waals surface area contributed by atoms with Crippen molar-refractivity contribution in [3.63, 3.8) is 0 Å². The van der Waals surface area contributed by atoms with Crippen LogP contribution < -0.4 is 10.6 Å². The molecule has 0 bridgehead atoms. The highest BCUT2D eigenvalue weighted by molar-refractivity contribution is 6.30. The average molecular weight is 267 g/mol. The fourth-order valence-electron chi connectivity index (χ4n) is 1.41. The van der Waals surface area contributed by atoms with Gasteiger partial charge >= 0.3 is 0 Å². The zero-order chi connectivity index (χ0) is 13.1. The zero-order valence-corrected chi connectivity index (χ0v) is 10.7. The van der Waals surface area contributed by atoms with Gasteiger partial charge in [-0.05, 0) is 25.1 Å². The standard InChI is InChI=1S/C12H12ClFN4/c1-7-6-16-12(15-2)18-11(7)17-10-4-3-8(13)5-9(10)14/h3-6H,1-2H3,(H2,15,16,17,18). The number of nitrogens with one attached hydrogen (secondary N) is 2. The Morgan fingerprint density at radius 2 is 2.11 bits per heavy atom. The summed E-state index contributed by atoms with van der Waals surface area (Å²) in [7, 11) is 1.72. The van der Waals surface area contributed by atoms with E-state index in [0.717, 1.165) is 5.56 Å². The van der Waals surface area contributed by atoms with Crippen LogP contribution in [0.15, 0.2) is 24.4 Å². The molecular weight excluding hydrogens is 255 g/mol. The molecule has 0 aliphatic carbocycles. The molecule has 0 amide bonds. The van der Waals surface area contributed by atoms with E-state index < -0.39 is 5.82 Å². The van der Waals surface area contributed by atoms with Crippen LogP contribution in [0.3, 0.4) is 0 Å². The summed E-state index contributed by atoms with van der Waals surface area (Å²) >= 11 is 5.70. The quantitative estimate of drug-likeness (QED) is 0.894. The second-order valence-corrected chi connectivity index (χ2v) is 4.16. The van der Waals surface area contributed by atoms with E-state index in [-0.39, 0.29) is 0 Å². The van der Waals surface area contributed by atoms with E-state index in [4.69, 9.17) is 11.6 Å². The van der Waals surface area contributed by atoms with Crippen LogP contribution >= 0.6 is 11.6 Å². The second kappa shape index (κ2) is 5.18. The number of hydrogen-bond acceptors (Lipinski definition) is 4. The summed E-state index contributed by atoms with van der Waals surface area (Å²) in [6.07, 6.45) is 1.66. The summed E-state index contributed by atoms with van der Waals surface area (Å²) in [4.78, 5) is 8.28. The largest absolute Gasteiger partial charge is 0.357 e. The molecular formula is C12H12ClFN4. The Bertz CT molecular complexity index is 574. The molecule has 0 saturated heterocycles. The molecule has 1 heterocycles. The highest BCUT2D eigenvalue weighted by Crippen LogP contribution is 2.23. The van der Waals surface area contributed by atoms with Gasteiger partial charge in [-0.2, -0.15) is 4.98 Å². The molecule has 2 rings (SSSR count). The van der Waals surface area contributed by atoms with Gasteiger partial charge < -0.3 is 10.6 Å². The van der Waals surface area contributed by atoms with Crippen molar-refractivity contribution < 1.29 is 4.39 Å². The Balaban J connectivity index is 2.33. The average Bonchev–Trinajstić information content (AvgIpc) is 2.35. The van der Waals surface area contributed by atoms with E-state index in [1.54, 1.807) is 25.4 Å². The minimum Gasteiger partial charge on any atom is -0.357 e. The molecule has 1 aromatic heterocycles. The molecule has 0 unspecified atom stereocenters. The van der Waals surface area contributed by atoms with Crippen molar-refractivity contribution in [2.45, 2.75) is 6.92 Å². The fraction of sp³-hybridized carbons (Fsp3) is 0.167. The Morgan fingerprint density at radius 1 is 1.33 bits per heavy atom. The van der Waals surface area contributed by atoms with Crippen molar-refractivity contribution in [3.8, 4) is 0 Å². The van der Waals surface area contributed by atoms with Gasteiger partial charge in [0.1, 0.15) is 11.6 Å². The SMILES string of the molecule is CNc1ncc(C)c(Nc2ccc(Cl)cc2F)n1. The molecule has 0 radical (unpaired) electrons. The number of rotatable bonds is 3. The highest BCUT2D eigenvalue weighted by Gasteiger charge is 2.07. The molecule has 2 aromatic rings. The van der Waals surface area contributed by atoms with Crippen molar-refractivity contribution >= 4 is 29.1 Å². The monoisotopic (exact) mass is 266 g/mol. The third kappa shape index (κ3) is 2.68. The number of nitrogens with zero attached hydrogens (tertiary/aromatic N) is 2. The van der Waals surface area contributed by atoms with Crippen molar-refractivity contribution in [1.29, 1.82) is 0 Å². The third-order valence-electron chi connectivity index (χ3n) is 2.38. The topological polar surface area (TPSA) is 49.8 Å². The van der Waals surface area contributed by atoms with Crippen molar-refractivity contribution in [2.75, 3.05) is 17.7 Å². The van der Waals surface area contributed by atoms with Crippen LogP contribution in [0.5, 0.6) is 0 Å². The molecule has 4 nitrogen and oxygen atoms in total. The fourth-order valence-corrected chi connectivity index (χ4v) is 1.57. The first kappa shape index (κ1) is 12.6. The Hall–Kier alpha value is -1.88. The van der Waals surface area contributed by atoms with Gasteiger partial charge in [-0.25, -0.2) is 9.37 Å². The number of aromatic nitrogens is 2. The maximum atomic E-state index is 13.6. The Morgan fingerprint density at radius 3 is 2.78 bits per heavy atom. The van der Waals surface area contributed by atoms with Crippen LogP contribution in [0.4, 0.5) is 21.8 Å². The van der Waals surface area contributed by atoms with E-state index in [1.807, 2.05) is 6.92 Å². The maximum Gasteiger partial charge on any atom is 0.224 e. The molecule has 0 atom stereocenters. The first-order valence-electron chi connectivity index (χ1n) is 5.33. The highest BCUT2D eigenvalue weighted by atomic mass is 35.5. The minimum absolute atomic E-state index is 0.322. The molecule has 0 aliphatic rings. The predicted molar refractivity (Wildman–Crippen MR) is 71.0 cm³/mol. The summed E-state index contributed by atoms with van der Waals surface area (Å²) in [5.74, 6) is 0.597. The molecule has 0 aliphatic heterocycles. The van der Waals surface area contributed by atoms with E-state index >= 15 is 0 Å². The second-order valence-electron chi connectivity index (χ2n) is 3.72. The summed E-state index contributed by atoms with van der Waals surface area (Å²) in [6.45, 7) is 1.84. The lowest BCUT2D eigenvalue weighted by Gasteiger charge is -2.10. The van der Waals surface area contributed by atoms with Crippen molar-refractivity contribution in [1.82, 2.24) is 9.97 Å². The molecule has 18 heavy (non-hydrogen) atoms. The molecule has 6 heteroatoms. The normalized spacial score (nSPS) is 10.2. The van der Waals surface area contributed by atoms with Gasteiger partial charge in [0.15, 0.2) is 0 Å². The van der Waals surface area contributed by atoms with Gasteiger partial charge in [0.05, 0.1) is 5.69 Å². The third-order valence-corrected chi connectivity index (χ3v) is 2.61. The zero-order valence-electron chi connectivity index (χ0n) is 9.96. The molecule has 0 fully saturated rings. The van der Waals surface area contributed by atoms with Crippen LogP contribution in [-0.4, -0.2) is 17.0 Å². The van der Waals surface area contributed by atoms with Gasteiger partial charge in [-0.1, -0.05) is 11.6 Å². The van der Waals surface area contributed by atoms with E-state index in [2.05, 4.69) is 20.6 Å². The summed E-state index contributed by atoms with van der Waals surface area (Å²) in [5, 5.41) is 6.10. The summed E-state index contributed by atoms with van der Waals surface area (Å²) in [5.41, 5.74) is 1.15. The maximum absolute atomic E-state index is 13.6. The number of hydrogen-bond donors (Lipinski definition) is 2. The lowest BCUT2D eigenvalue weighted by atomic mass is 10.3. The molecule has 2 N–H and O–H groups in total. The van der Waals surface area contributed by atoms with Crippen molar-refractivity contribution in [3.05, 3.63) is 40.8 Å². The lowest BCUT2D eigenvalue weighted by Crippen LogP contribution is -2.03. The van der Waals surface area contributed by atoms with Crippen LogP contribution in [0, 0.1) is 12.7 Å². The van der Waals surface area contributed by atoms with Crippen molar-refractivity contribution in [2.24, 2.45) is 0 Å². The van der Waals surface area contributed by atoms with Gasteiger partial charge in [-0.3, -0.25) is 0 Å². The van der Waals surface area contributed by atoms with Gasteiger partial charge in [-0.15, -0.1) is 0 Å². The van der Waals surface area contributed by atoms with Crippen LogP contribution in [0.1, 0.15) is 5.56 Å². The number of halogens is 2. The first-order valence-corrected chi connectivity index (χ1v) is 5.71. The lowest BCUT2D eigenvalue weighted by molar-refractivity contribution is 0.632. The number of anilines is 3. The molecule has 94 valence electrons. The molecule has 0 spiro atoms. The summed E-state index contributed by atoms with van der Waals surface area (Å²) in [6, 6.07) is 4.43. The van der Waals surface area contributed by atoms with Crippen LogP contribution in [0.2, 0.25) is 5.02 Å².